The first kappa shape index (κ1) is 13.7. The van der Waals surface area contributed by atoms with Crippen LogP contribution in [0.1, 0.15) is 43.8 Å². The average Bonchev–Trinajstić information content (AvgIpc) is 2.65. The van der Waals surface area contributed by atoms with Crippen molar-refractivity contribution in [2.24, 2.45) is 0 Å². The third-order valence-electron chi connectivity index (χ3n) is 4.12. The molecule has 2 N–H and O–H groups in total. The van der Waals surface area contributed by atoms with Crippen LogP contribution < -0.4 is 10.2 Å². The molecule has 0 spiro atoms. The average molecular weight is 295 g/mol. The highest BCUT2D eigenvalue weighted by molar-refractivity contribution is 6.33. The van der Waals surface area contributed by atoms with E-state index in [4.69, 9.17) is 11.6 Å². The molecule has 1 saturated heterocycles. The standard InChI is InChI=1S/C15H19ClN2O2/c16-11-8-10-12(17-15(20)14(10)19)9-13(11)18-6-4-2-1-3-5-7-18/h8-9,14,19H,1-7H2,(H,17,20). The lowest BCUT2D eigenvalue weighted by atomic mass is 10.1. The Kier molecular flexibility index (Phi) is 3.85. The van der Waals surface area contributed by atoms with Crippen LogP contribution in [0.15, 0.2) is 12.1 Å². The monoisotopic (exact) mass is 294 g/mol. The number of hydrogen-bond donors (Lipinski definition) is 2. The van der Waals surface area contributed by atoms with Gasteiger partial charge in [-0.1, -0.05) is 30.9 Å². The van der Waals surface area contributed by atoms with Crippen LogP contribution in [0, 0.1) is 0 Å². The van der Waals surface area contributed by atoms with E-state index < -0.39 is 6.10 Å². The van der Waals surface area contributed by atoms with Crippen LogP contribution in [0.25, 0.3) is 0 Å². The molecule has 5 heteroatoms. The molecule has 0 radical (unpaired) electrons. The van der Waals surface area contributed by atoms with Gasteiger partial charge >= 0.3 is 0 Å². The largest absolute Gasteiger partial charge is 0.378 e. The fraction of sp³-hybridized carbons (Fsp3) is 0.533. The summed E-state index contributed by atoms with van der Waals surface area (Å²) < 4.78 is 0. The third-order valence-corrected chi connectivity index (χ3v) is 4.42. The SMILES string of the molecule is O=C1Nc2cc(N3CCCCCCC3)c(Cl)cc2C1O. The molecule has 0 bridgehead atoms. The summed E-state index contributed by atoms with van der Waals surface area (Å²) in [6, 6.07) is 3.61. The number of carbonyl (C=O) groups excluding carboxylic acids is 1. The molecule has 0 aliphatic carbocycles. The number of rotatable bonds is 1. The molecule has 1 aromatic carbocycles. The molecule has 1 aromatic rings. The summed E-state index contributed by atoms with van der Waals surface area (Å²) in [4.78, 5) is 13.8. The zero-order chi connectivity index (χ0) is 14.1. The second kappa shape index (κ2) is 5.62. The molecular weight excluding hydrogens is 276 g/mol. The molecule has 4 nitrogen and oxygen atoms in total. The van der Waals surface area contributed by atoms with Crippen molar-refractivity contribution < 1.29 is 9.90 Å². The Balaban J connectivity index is 1.90. The van der Waals surface area contributed by atoms with Gasteiger partial charge in [-0.05, 0) is 25.0 Å². The molecule has 0 saturated carbocycles. The Hall–Kier alpha value is -1.26. The van der Waals surface area contributed by atoms with E-state index in [9.17, 15) is 9.90 Å². The summed E-state index contributed by atoms with van der Waals surface area (Å²) >= 11 is 6.36. The number of hydrogen-bond acceptors (Lipinski definition) is 3. The third kappa shape index (κ3) is 2.50. The zero-order valence-corrected chi connectivity index (χ0v) is 12.1. The highest BCUT2D eigenvalue weighted by Gasteiger charge is 2.30. The number of carbonyl (C=O) groups is 1. The van der Waals surface area contributed by atoms with E-state index in [1.54, 1.807) is 6.07 Å². The van der Waals surface area contributed by atoms with Crippen LogP contribution in [-0.2, 0) is 4.79 Å². The molecular formula is C15H19ClN2O2. The molecule has 1 unspecified atom stereocenters. The minimum atomic E-state index is -1.09. The number of nitrogens with zero attached hydrogens (tertiary/aromatic N) is 1. The smallest absolute Gasteiger partial charge is 0.257 e. The van der Waals surface area contributed by atoms with Crippen LogP contribution in [0.4, 0.5) is 11.4 Å². The Morgan fingerprint density at radius 1 is 1.15 bits per heavy atom. The van der Waals surface area contributed by atoms with Gasteiger partial charge in [-0.2, -0.15) is 0 Å². The minimum absolute atomic E-state index is 0.374. The van der Waals surface area contributed by atoms with E-state index in [0.717, 1.165) is 18.8 Å². The number of anilines is 2. The molecule has 1 amide bonds. The van der Waals surface area contributed by atoms with Crippen LogP contribution in [0.3, 0.4) is 0 Å². The minimum Gasteiger partial charge on any atom is -0.378 e. The van der Waals surface area contributed by atoms with Gasteiger partial charge in [0.05, 0.1) is 10.7 Å². The van der Waals surface area contributed by atoms with Crippen molar-refractivity contribution in [3.63, 3.8) is 0 Å². The van der Waals surface area contributed by atoms with Crippen molar-refractivity contribution in [2.75, 3.05) is 23.3 Å². The van der Waals surface area contributed by atoms with Gasteiger partial charge in [0.2, 0.25) is 0 Å². The highest BCUT2D eigenvalue weighted by Crippen LogP contribution is 2.39. The molecule has 0 aromatic heterocycles. The van der Waals surface area contributed by atoms with Gasteiger partial charge in [0.1, 0.15) is 0 Å². The lowest BCUT2D eigenvalue weighted by molar-refractivity contribution is -0.123. The Morgan fingerprint density at radius 3 is 2.50 bits per heavy atom. The summed E-state index contributed by atoms with van der Waals surface area (Å²) in [5.41, 5.74) is 2.22. The molecule has 3 rings (SSSR count). The van der Waals surface area contributed by atoms with Crippen LogP contribution in [-0.4, -0.2) is 24.1 Å². The van der Waals surface area contributed by atoms with E-state index >= 15 is 0 Å². The molecule has 2 aliphatic rings. The first-order chi connectivity index (χ1) is 9.66. The summed E-state index contributed by atoms with van der Waals surface area (Å²) in [5, 5.41) is 13.1. The number of nitrogens with one attached hydrogen (secondary N) is 1. The topological polar surface area (TPSA) is 52.6 Å². The Bertz CT molecular complexity index is 525. The second-order valence-corrected chi connectivity index (χ2v) is 5.94. The summed E-state index contributed by atoms with van der Waals surface area (Å²) in [6.45, 7) is 1.99. The lowest BCUT2D eigenvalue weighted by Crippen LogP contribution is -2.27. The quantitative estimate of drug-likeness (QED) is 0.837. The van der Waals surface area contributed by atoms with Crippen molar-refractivity contribution in [1.82, 2.24) is 0 Å². The van der Waals surface area contributed by atoms with Crippen molar-refractivity contribution in [3.05, 3.63) is 22.7 Å². The molecule has 108 valence electrons. The van der Waals surface area contributed by atoms with Crippen molar-refractivity contribution >= 4 is 28.9 Å². The number of fused-ring (bicyclic) bond motifs is 1. The van der Waals surface area contributed by atoms with E-state index in [1.807, 2.05) is 6.07 Å². The molecule has 20 heavy (non-hydrogen) atoms. The molecule has 2 heterocycles. The second-order valence-electron chi connectivity index (χ2n) is 5.54. The lowest BCUT2D eigenvalue weighted by Gasteiger charge is -2.28. The van der Waals surface area contributed by atoms with Gasteiger partial charge in [-0.15, -0.1) is 0 Å². The van der Waals surface area contributed by atoms with Gasteiger partial charge in [0.15, 0.2) is 6.10 Å². The summed E-state index contributed by atoms with van der Waals surface area (Å²) in [7, 11) is 0. The van der Waals surface area contributed by atoms with Gasteiger partial charge in [0, 0.05) is 24.3 Å². The molecule has 1 atom stereocenters. The predicted octanol–water partition coefficient (Wildman–Crippen LogP) is 3.10. The first-order valence-corrected chi connectivity index (χ1v) is 7.62. The van der Waals surface area contributed by atoms with Crippen LogP contribution >= 0.6 is 11.6 Å². The van der Waals surface area contributed by atoms with Crippen LogP contribution in [0.2, 0.25) is 5.02 Å². The normalized spacial score (nSPS) is 23.0. The molecule has 1 fully saturated rings. The van der Waals surface area contributed by atoms with E-state index in [1.165, 1.54) is 32.1 Å². The fourth-order valence-corrected chi connectivity index (χ4v) is 3.28. The summed E-state index contributed by atoms with van der Waals surface area (Å²) in [6.07, 6.45) is 5.07. The number of halogens is 1. The zero-order valence-electron chi connectivity index (χ0n) is 11.4. The van der Waals surface area contributed by atoms with Gasteiger partial charge < -0.3 is 15.3 Å². The predicted molar refractivity (Wildman–Crippen MR) is 80.3 cm³/mol. The van der Waals surface area contributed by atoms with Crippen molar-refractivity contribution in [1.29, 1.82) is 0 Å². The van der Waals surface area contributed by atoms with E-state index in [0.29, 0.717) is 16.3 Å². The maximum absolute atomic E-state index is 11.5. The van der Waals surface area contributed by atoms with E-state index in [2.05, 4.69) is 10.2 Å². The first-order valence-electron chi connectivity index (χ1n) is 7.24. The van der Waals surface area contributed by atoms with Gasteiger partial charge in [0.25, 0.3) is 5.91 Å². The Morgan fingerprint density at radius 2 is 1.80 bits per heavy atom. The van der Waals surface area contributed by atoms with Gasteiger partial charge in [-0.25, -0.2) is 0 Å². The highest BCUT2D eigenvalue weighted by atomic mass is 35.5. The Labute approximate surface area is 123 Å². The maximum atomic E-state index is 11.5. The fourth-order valence-electron chi connectivity index (χ4n) is 2.98. The number of aliphatic hydroxyl groups excluding tert-OH is 1. The van der Waals surface area contributed by atoms with Gasteiger partial charge in [-0.3, -0.25) is 4.79 Å². The van der Waals surface area contributed by atoms with E-state index in [-0.39, 0.29) is 5.91 Å². The van der Waals surface area contributed by atoms with Crippen molar-refractivity contribution in [3.8, 4) is 0 Å². The van der Waals surface area contributed by atoms with Crippen molar-refractivity contribution in [2.45, 2.75) is 38.2 Å². The number of amides is 1. The number of aliphatic hydroxyl groups is 1. The summed E-state index contributed by atoms with van der Waals surface area (Å²) in [5.74, 6) is -0.374. The maximum Gasteiger partial charge on any atom is 0.257 e. The number of benzene rings is 1. The van der Waals surface area contributed by atoms with Crippen LogP contribution in [0.5, 0.6) is 0 Å². The molecule has 2 aliphatic heterocycles.